The molecule has 0 bridgehead atoms. The number of nitrogens with two attached hydrogens (primary N) is 1. The number of hydrogen-bond acceptors (Lipinski definition) is 4. The average Bonchev–Trinajstić information content (AvgIpc) is 2.73. The first kappa shape index (κ1) is 11.3. The Bertz CT molecular complexity index is 493. The third-order valence-electron chi connectivity index (χ3n) is 2.38. The Hall–Kier alpha value is -2.17. The fraction of sp³-hybridized carbons (Fsp3) is 0.250. The van der Waals surface area contributed by atoms with E-state index in [1.165, 1.54) is 0 Å². The summed E-state index contributed by atoms with van der Waals surface area (Å²) in [5, 5.41) is 6.64. The van der Waals surface area contributed by atoms with Gasteiger partial charge in [-0.2, -0.15) is 5.10 Å². The van der Waals surface area contributed by atoms with E-state index in [1.807, 2.05) is 43.3 Å². The summed E-state index contributed by atoms with van der Waals surface area (Å²) in [6.07, 6.45) is 0. The Kier molecular flexibility index (Phi) is 3.18. The quantitative estimate of drug-likeness (QED) is 0.841. The van der Waals surface area contributed by atoms with Crippen molar-refractivity contribution in [1.29, 1.82) is 0 Å². The average molecular weight is 232 g/mol. The number of rotatable bonds is 4. The van der Waals surface area contributed by atoms with Crippen molar-refractivity contribution in [3.05, 3.63) is 36.0 Å². The molecule has 3 N–H and O–H groups in total. The molecule has 17 heavy (non-hydrogen) atoms. The summed E-state index contributed by atoms with van der Waals surface area (Å²) in [4.78, 5) is 2.03. The Morgan fingerprint density at radius 1 is 1.35 bits per heavy atom. The number of H-pyrrole nitrogens is 1. The molecule has 90 valence electrons. The van der Waals surface area contributed by atoms with Crippen molar-refractivity contribution in [3.8, 4) is 5.75 Å². The van der Waals surface area contributed by atoms with Crippen molar-refractivity contribution in [2.45, 2.75) is 6.61 Å². The van der Waals surface area contributed by atoms with Gasteiger partial charge in [0, 0.05) is 31.9 Å². The number of hydrogen-bond donors (Lipinski definition) is 2. The molecular formula is C12H16N4O. The molecule has 0 saturated carbocycles. The van der Waals surface area contributed by atoms with E-state index in [0.29, 0.717) is 12.4 Å². The largest absolute Gasteiger partial charge is 0.487 e. The Morgan fingerprint density at radius 3 is 2.82 bits per heavy atom. The zero-order valence-corrected chi connectivity index (χ0v) is 9.97. The molecule has 0 saturated heterocycles. The number of nitrogens with zero attached hydrogens (tertiary/aromatic N) is 2. The van der Waals surface area contributed by atoms with Gasteiger partial charge in [-0.05, 0) is 12.1 Å². The number of aromatic amines is 1. The molecule has 2 aromatic rings. The van der Waals surface area contributed by atoms with Crippen LogP contribution in [0.25, 0.3) is 0 Å². The molecule has 0 fully saturated rings. The lowest BCUT2D eigenvalue weighted by molar-refractivity contribution is 0.301. The predicted octanol–water partition coefficient (Wildman–Crippen LogP) is 1.64. The van der Waals surface area contributed by atoms with E-state index >= 15 is 0 Å². The van der Waals surface area contributed by atoms with E-state index in [-0.39, 0.29) is 0 Å². The van der Waals surface area contributed by atoms with Crippen LogP contribution < -0.4 is 15.4 Å². The highest BCUT2D eigenvalue weighted by Gasteiger charge is 2.01. The fourth-order valence-electron chi connectivity index (χ4n) is 1.47. The maximum absolute atomic E-state index is 5.64. The summed E-state index contributed by atoms with van der Waals surface area (Å²) in [6.45, 7) is 0.432. The number of aromatic nitrogens is 2. The highest BCUT2D eigenvalue weighted by Crippen LogP contribution is 2.20. The third kappa shape index (κ3) is 2.90. The summed E-state index contributed by atoms with van der Waals surface area (Å²) in [5.41, 5.74) is 7.47. The van der Waals surface area contributed by atoms with E-state index in [0.717, 1.165) is 17.1 Å². The van der Waals surface area contributed by atoms with Gasteiger partial charge in [0.2, 0.25) is 0 Å². The van der Waals surface area contributed by atoms with Gasteiger partial charge in [-0.25, -0.2) is 0 Å². The Balaban J connectivity index is 2.01. The maximum Gasteiger partial charge on any atom is 0.145 e. The molecule has 0 atom stereocenters. The second-order valence-electron chi connectivity index (χ2n) is 4.00. The minimum absolute atomic E-state index is 0.432. The van der Waals surface area contributed by atoms with Crippen LogP contribution in [0.4, 0.5) is 11.5 Å². The first-order valence-corrected chi connectivity index (χ1v) is 5.35. The molecule has 5 nitrogen and oxygen atoms in total. The van der Waals surface area contributed by atoms with Crippen molar-refractivity contribution < 1.29 is 4.74 Å². The van der Waals surface area contributed by atoms with E-state index < -0.39 is 0 Å². The highest BCUT2D eigenvalue weighted by atomic mass is 16.5. The van der Waals surface area contributed by atoms with Crippen LogP contribution in [0.3, 0.4) is 0 Å². The van der Waals surface area contributed by atoms with Gasteiger partial charge in [-0.15, -0.1) is 0 Å². The maximum atomic E-state index is 5.64. The van der Waals surface area contributed by atoms with Crippen LogP contribution in [0, 0.1) is 0 Å². The van der Waals surface area contributed by atoms with E-state index in [2.05, 4.69) is 10.2 Å². The van der Waals surface area contributed by atoms with Crippen molar-refractivity contribution >= 4 is 11.5 Å². The highest BCUT2D eigenvalue weighted by molar-refractivity contribution is 5.49. The summed E-state index contributed by atoms with van der Waals surface area (Å²) in [5.74, 6) is 1.30. The molecule has 0 amide bonds. The predicted molar refractivity (Wildman–Crippen MR) is 68.1 cm³/mol. The van der Waals surface area contributed by atoms with Crippen LogP contribution in [-0.2, 0) is 6.61 Å². The molecule has 2 rings (SSSR count). The molecule has 0 unspecified atom stereocenters. The first-order chi connectivity index (χ1) is 8.15. The van der Waals surface area contributed by atoms with E-state index in [1.54, 1.807) is 6.07 Å². The monoisotopic (exact) mass is 232 g/mol. The molecule has 0 aliphatic heterocycles. The fourth-order valence-corrected chi connectivity index (χ4v) is 1.47. The minimum atomic E-state index is 0.432. The van der Waals surface area contributed by atoms with Gasteiger partial charge in [0.25, 0.3) is 0 Å². The van der Waals surface area contributed by atoms with Crippen LogP contribution in [0.15, 0.2) is 30.3 Å². The molecule has 0 aliphatic rings. The lowest BCUT2D eigenvalue weighted by atomic mass is 10.3. The molecule has 0 spiro atoms. The standard InChI is InChI=1S/C12H16N4O/c1-16(2)10-4-3-5-11(7-10)17-8-9-6-12(13)15-14-9/h3-7H,8H2,1-2H3,(H3,13,14,15). The smallest absolute Gasteiger partial charge is 0.145 e. The number of anilines is 2. The summed E-state index contributed by atoms with van der Waals surface area (Å²) >= 11 is 0. The van der Waals surface area contributed by atoms with Crippen LogP contribution in [0.5, 0.6) is 5.75 Å². The van der Waals surface area contributed by atoms with Crippen LogP contribution in [0.1, 0.15) is 5.69 Å². The van der Waals surface area contributed by atoms with E-state index in [9.17, 15) is 0 Å². The molecule has 0 aliphatic carbocycles. The van der Waals surface area contributed by atoms with Gasteiger partial charge in [0.1, 0.15) is 18.2 Å². The zero-order chi connectivity index (χ0) is 12.3. The number of benzene rings is 1. The molecule has 1 aromatic carbocycles. The molecule has 1 aromatic heterocycles. The zero-order valence-electron chi connectivity index (χ0n) is 9.97. The normalized spacial score (nSPS) is 10.2. The lowest BCUT2D eigenvalue weighted by Crippen LogP contribution is -2.08. The van der Waals surface area contributed by atoms with Crippen molar-refractivity contribution in [1.82, 2.24) is 10.2 Å². The Labute approximate surface area is 100 Å². The van der Waals surface area contributed by atoms with Crippen LogP contribution in [-0.4, -0.2) is 24.3 Å². The van der Waals surface area contributed by atoms with Crippen LogP contribution in [0.2, 0.25) is 0 Å². The molecule has 1 heterocycles. The summed E-state index contributed by atoms with van der Waals surface area (Å²) < 4.78 is 5.64. The van der Waals surface area contributed by atoms with Crippen molar-refractivity contribution in [2.75, 3.05) is 24.7 Å². The SMILES string of the molecule is CN(C)c1cccc(OCc2cc(N)n[nH]2)c1. The summed E-state index contributed by atoms with van der Waals surface area (Å²) in [6, 6.07) is 9.66. The summed E-state index contributed by atoms with van der Waals surface area (Å²) in [7, 11) is 3.99. The van der Waals surface area contributed by atoms with Gasteiger partial charge in [0.15, 0.2) is 0 Å². The van der Waals surface area contributed by atoms with Crippen molar-refractivity contribution in [2.24, 2.45) is 0 Å². The van der Waals surface area contributed by atoms with Gasteiger partial charge in [-0.1, -0.05) is 6.07 Å². The molecular weight excluding hydrogens is 216 g/mol. The van der Waals surface area contributed by atoms with Crippen molar-refractivity contribution in [3.63, 3.8) is 0 Å². The van der Waals surface area contributed by atoms with E-state index in [4.69, 9.17) is 10.5 Å². The minimum Gasteiger partial charge on any atom is -0.487 e. The first-order valence-electron chi connectivity index (χ1n) is 5.35. The molecule has 5 heteroatoms. The second kappa shape index (κ2) is 4.78. The number of ether oxygens (including phenoxy) is 1. The topological polar surface area (TPSA) is 67.2 Å². The van der Waals surface area contributed by atoms with Gasteiger partial charge in [0.05, 0.1) is 5.69 Å². The van der Waals surface area contributed by atoms with Crippen LogP contribution >= 0.6 is 0 Å². The number of nitrogens with one attached hydrogen (secondary N) is 1. The third-order valence-corrected chi connectivity index (χ3v) is 2.38. The van der Waals surface area contributed by atoms with Gasteiger partial charge < -0.3 is 15.4 Å². The second-order valence-corrected chi connectivity index (χ2v) is 4.00. The lowest BCUT2D eigenvalue weighted by Gasteiger charge is -2.13. The van der Waals surface area contributed by atoms with Gasteiger partial charge >= 0.3 is 0 Å². The number of nitrogen functional groups attached to an aromatic ring is 1. The van der Waals surface area contributed by atoms with Gasteiger partial charge in [-0.3, -0.25) is 5.10 Å². The molecule has 0 radical (unpaired) electrons. The Morgan fingerprint density at radius 2 is 2.18 bits per heavy atom.